The molecule has 0 amide bonds. The molecule has 21 heavy (non-hydrogen) atoms. The van der Waals surface area contributed by atoms with Crippen LogP contribution in [0.15, 0.2) is 57.8 Å². The standard InChI is InChI=1S/C16H11BrN2O2/c17-12-5-1-10(2-6-12)3-8-15(20)11-4-7-13-14(9-11)19-16(21)18-13/h1-9H,(H2,18,19,21)/b8-3+. The van der Waals surface area contributed by atoms with E-state index in [1.807, 2.05) is 24.3 Å². The van der Waals surface area contributed by atoms with Crippen LogP contribution in [0.5, 0.6) is 0 Å². The molecule has 0 saturated carbocycles. The first-order chi connectivity index (χ1) is 10.1. The summed E-state index contributed by atoms with van der Waals surface area (Å²) in [6.07, 6.45) is 3.29. The molecule has 0 aliphatic carbocycles. The summed E-state index contributed by atoms with van der Waals surface area (Å²) in [5.41, 5.74) is 2.52. The van der Waals surface area contributed by atoms with Crippen LogP contribution in [0.25, 0.3) is 17.1 Å². The second-order valence-corrected chi connectivity index (χ2v) is 5.50. The van der Waals surface area contributed by atoms with Gasteiger partial charge in [0.25, 0.3) is 0 Å². The van der Waals surface area contributed by atoms with Crippen LogP contribution >= 0.6 is 15.9 Å². The molecule has 104 valence electrons. The van der Waals surface area contributed by atoms with Crippen molar-refractivity contribution in [2.24, 2.45) is 0 Å². The molecule has 3 aromatic rings. The number of hydrogen-bond donors (Lipinski definition) is 2. The highest BCUT2D eigenvalue weighted by molar-refractivity contribution is 9.10. The molecule has 0 atom stereocenters. The topological polar surface area (TPSA) is 65.7 Å². The number of aromatic nitrogens is 2. The van der Waals surface area contributed by atoms with Gasteiger partial charge in [-0.2, -0.15) is 0 Å². The van der Waals surface area contributed by atoms with E-state index in [1.54, 1.807) is 24.3 Å². The number of benzene rings is 2. The number of fused-ring (bicyclic) bond motifs is 1. The Morgan fingerprint density at radius 2 is 1.71 bits per heavy atom. The lowest BCUT2D eigenvalue weighted by Crippen LogP contribution is -1.99. The molecule has 0 radical (unpaired) electrons. The molecule has 0 unspecified atom stereocenters. The van der Waals surface area contributed by atoms with Gasteiger partial charge in [0.2, 0.25) is 0 Å². The Kier molecular flexibility index (Phi) is 3.58. The predicted molar refractivity (Wildman–Crippen MR) is 86.4 cm³/mol. The maximum absolute atomic E-state index is 12.1. The fraction of sp³-hybridized carbons (Fsp3) is 0. The minimum atomic E-state index is -0.278. The summed E-state index contributed by atoms with van der Waals surface area (Å²) in [5, 5.41) is 0. The molecular formula is C16H11BrN2O2. The molecule has 5 heteroatoms. The van der Waals surface area contributed by atoms with E-state index in [0.717, 1.165) is 10.0 Å². The number of H-pyrrole nitrogens is 2. The Bertz CT molecular complexity index is 889. The summed E-state index contributed by atoms with van der Waals surface area (Å²) in [7, 11) is 0. The molecular weight excluding hydrogens is 332 g/mol. The number of allylic oxidation sites excluding steroid dienone is 1. The number of carbonyl (C=O) groups is 1. The van der Waals surface area contributed by atoms with E-state index >= 15 is 0 Å². The van der Waals surface area contributed by atoms with Crippen molar-refractivity contribution in [1.29, 1.82) is 0 Å². The molecule has 0 saturated heterocycles. The van der Waals surface area contributed by atoms with Crippen molar-refractivity contribution in [3.8, 4) is 0 Å². The van der Waals surface area contributed by atoms with Crippen molar-refractivity contribution in [3.63, 3.8) is 0 Å². The van der Waals surface area contributed by atoms with Gasteiger partial charge in [0, 0.05) is 10.0 Å². The summed E-state index contributed by atoms with van der Waals surface area (Å²) >= 11 is 3.36. The van der Waals surface area contributed by atoms with Gasteiger partial charge in [-0.3, -0.25) is 4.79 Å². The lowest BCUT2D eigenvalue weighted by atomic mass is 10.1. The Balaban J connectivity index is 1.86. The third kappa shape index (κ3) is 3.03. The van der Waals surface area contributed by atoms with Gasteiger partial charge in [-0.25, -0.2) is 4.79 Å². The number of aromatic amines is 2. The molecule has 2 N–H and O–H groups in total. The van der Waals surface area contributed by atoms with Crippen LogP contribution in [-0.2, 0) is 0 Å². The normalized spacial score (nSPS) is 11.3. The molecule has 4 nitrogen and oxygen atoms in total. The summed E-state index contributed by atoms with van der Waals surface area (Å²) in [6.45, 7) is 0. The Morgan fingerprint density at radius 3 is 2.48 bits per heavy atom. The zero-order valence-corrected chi connectivity index (χ0v) is 12.5. The van der Waals surface area contributed by atoms with E-state index in [2.05, 4.69) is 25.9 Å². The van der Waals surface area contributed by atoms with Crippen LogP contribution in [0.1, 0.15) is 15.9 Å². The minimum absolute atomic E-state index is 0.109. The van der Waals surface area contributed by atoms with Crippen LogP contribution in [-0.4, -0.2) is 15.8 Å². The fourth-order valence-corrected chi connectivity index (χ4v) is 2.29. The van der Waals surface area contributed by atoms with E-state index < -0.39 is 0 Å². The van der Waals surface area contributed by atoms with Crippen molar-refractivity contribution in [1.82, 2.24) is 9.97 Å². The van der Waals surface area contributed by atoms with Crippen molar-refractivity contribution in [3.05, 3.63) is 74.6 Å². The van der Waals surface area contributed by atoms with Crippen LogP contribution in [0.2, 0.25) is 0 Å². The fourth-order valence-electron chi connectivity index (χ4n) is 2.03. The Hall–Kier alpha value is -2.40. The molecule has 0 bridgehead atoms. The second kappa shape index (κ2) is 5.54. The first kappa shape index (κ1) is 13.6. The van der Waals surface area contributed by atoms with Crippen LogP contribution < -0.4 is 5.69 Å². The van der Waals surface area contributed by atoms with Gasteiger partial charge < -0.3 is 9.97 Å². The van der Waals surface area contributed by atoms with Crippen molar-refractivity contribution in [2.75, 3.05) is 0 Å². The van der Waals surface area contributed by atoms with Gasteiger partial charge in [-0.15, -0.1) is 0 Å². The molecule has 1 aromatic heterocycles. The van der Waals surface area contributed by atoms with Gasteiger partial charge in [-0.1, -0.05) is 34.1 Å². The third-order valence-corrected chi connectivity index (χ3v) is 3.63. The highest BCUT2D eigenvalue weighted by Gasteiger charge is 2.05. The smallest absolute Gasteiger partial charge is 0.306 e. The first-order valence-corrected chi connectivity index (χ1v) is 7.11. The maximum Gasteiger partial charge on any atom is 0.323 e. The first-order valence-electron chi connectivity index (χ1n) is 6.32. The van der Waals surface area contributed by atoms with E-state index in [9.17, 15) is 9.59 Å². The van der Waals surface area contributed by atoms with Crippen LogP contribution in [0, 0.1) is 0 Å². The van der Waals surface area contributed by atoms with Crippen LogP contribution in [0.4, 0.5) is 0 Å². The SMILES string of the molecule is O=C(/C=C/c1ccc(Br)cc1)c1ccc2[nH]c(=O)[nH]c2c1. The van der Waals surface area contributed by atoms with E-state index in [4.69, 9.17) is 0 Å². The molecule has 0 fully saturated rings. The summed E-state index contributed by atoms with van der Waals surface area (Å²) < 4.78 is 0.993. The predicted octanol–water partition coefficient (Wildman–Crippen LogP) is 3.51. The number of halogens is 1. The summed E-state index contributed by atoms with van der Waals surface area (Å²) in [4.78, 5) is 28.6. The van der Waals surface area contributed by atoms with Crippen molar-refractivity contribution < 1.29 is 4.79 Å². The summed E-state index contributed by atoms with van der Waals surface area (Å²) in [5.74, 6) is -0.109. The van der Waals surface area contributed by atoms with Crippen molar-refractivity contribution >= 4 is 38.8 Å². The number of nitrogens with one attached hydrogen (secondary N) is 2. The molecule has 1 heterocycles. The van der Waals surface area contributed by atoms with E-state index in [-0.39, 0.29) is 11.5 Å². The molecule has 0 aliphatic rings. The zero-order chi connectivity index (χ0) is 14.8. The quantitative estimate of drug-likeness (QED) is 0.565. The molecule has 0 aliphatic heterocycles. The molecule has 3 rings (SSSR count). The highest BCUT2D eigenvalue weighted by atomic mass is 79.9. The van der Waals surface area contributed by atoms with Gasteiger partial charge in [0.15, 0.2) is 5.78 Å². The Labute approximate surface area is 128 Å². The van der Waals surface area contributed by atoms with Gasteiger partial charge in [-0.05, 0) is 42.0 Å². The van der Waals surface area contributed by atoms with Gasteiger partial charge in [0.05, 0.1) is 11.0 Å². The summed E-state index contributed by atoms with van der Waals surface area (Å²) in [6, 6.07) is 12.7. The largest absolute Gasteiger partial charge is 0.323 e. The number of imidazole rings is 1. The van der Waals surface area contributed by atoms with Crippen LogP contribution in [0.3, 0.4) is 0 Å². The minimum Gasteiger partial charge on any atom is -0.306 e. The second-order valence-electron chi connectivity index (χ2n) is 4.59. The van der Waals surface area contributed by atoms with Gasteiger partial charge in [0.1, 0.15) is 0 Å². The number of carbonyl (C=O) groups excluding carboxylic acids is 1. The van der Waals surface area contributed by atoms with Crippen molar-refractivity contribution in [2.45, 2.75) is 0 Å². The monoisotopic (exact) mass is 342 g/mol. The van der Waals surface area contributed by atoms with Gasteiger partial charge >= 0.3 is 5.69 Å². The molecule has 2 aromatic carbocycles. The lowest BCUT2D eigenvalue weighted by molar-refractivity contribution is 0.104. The number of rotatable bonds is 3. The number of ketones is 1. The van der Waals surface area contributed by atoms with E-state index in [1.165, 1.54) is 6.08 Å². The maximum atomic E-state index is 12.1. The highest BCUT2D eigenvalue weighted by Crippen LogP contribution is 2.14. The van der Waals surface area contributed by atoms with E-state index in [0.29, 0.717) is 16.6 Å². The lowest BCUT2D eigenvalue weighted by Gasteiger charge is -1.97. The third-order valence-electron chi connectivity index (χ3n) is 3.10. The number of hydrogen-bond acceptors (Lipinski definition) is 2. The average Bonchev–Trinajstić information content (AvgIpc) is 2.85. The molecule has 0 spiro atoms. The Morgan fingerprint density at radius 1 is 1.00 bits per heavy atom. The average molecular weight is 343 g/mol. The zero-order valence-electron chi connectivity index (χ0n) is 10.9.